The van der Waals surface area contributed by atoms with Gasteiger partial charge in [-0.2, -0.15) is 0 Å². The normalized spacial score (nSPS) is 12.1. The van der Waals surface area contributed by atoms with Crippen LogP contribution in [-0.4, -0.2) is 25.2 Å². The highest BCUT2D eigenvalue weighted by Crippen LogP contribution is 2.07. The molecule has 0 spiro atoms. The van der Waals surface area contributed by atoms with Crippen molar-refractivity contribution in [1.82, 2.24) is 5.32 Å². The van der Waals surface area contributed by atoms with Crippen molar-refractivity contribution in [3.63, 3.8) is 0 Å². The average molecular weight is 236 g/mol. The zero-order valence-electron chi connectivity index (χ0n) is 10.4. The van der Waals surface area contributed by atoms with Gasteiger partial charge in [-0.25, -0.2) is 0 Å². The Morgan fingerprint density at radius 1 is 1.53 bits per heavy atom. The molecular formula is C13H20N2O2. The molecule has 94 valence electrons. The van der Waals surface area contributed by atoms with Crippen molar-refractivity contribution in [2.75, 3.05) is 18.9 Å². The number of hydrogen-bond donors (Lipinski definition) is 2. The van der Waals surface area contributed by atoms with Crippen molar-refractivity contribution in [3.8, 4) is 0 Å². The Morgan fingerprint density at radius 2 is 2.29 bits per heavy atom. The Balaban J connectivity index is 2.39. The molecule has 0 bridgehead atoms. The summed E-state index contributed by atoms with van der Waals surface area (Å²) in [7, 11) is 0. The molecule has 1 aromatic rings. The Bertz CT molecular complexity index is 366. The summed E-state index contributed by atoms with van der Waals surface area (Å²) in [4.78, 5) is 11.7. The van der Waals surface area contributed by atoms with Crippen LogP contribution in [0.3, 0.4) is 0 Å². The third-order valence-electron chi connectivity index (χ3n) is 2.30. The molecule has 4 nitrogen and oxygen atoms in total. The van der Waals surface area contributed by atoms with Gasteiger partial charge in [0.2, 0.25) is 5.91 Å². The number of ether oxygens (including phenoxy) is 1. The van der Waals surface area contributed by atoms with E-state index in [1.807, 2.05) is 32.0 Å². The van der Waals surface area contributed by atoms with Crippen LogP contribution in [0.25, 0.3) is 0 Å². The van der Waals surface area contributed by atoms with E-state index in [9.17, 15) is 4.79 Å². The summed E-state index contributed by atoms with van der Waals surface area (Å²) in [5, 5.41) is 2.88. The molecule has 0 aliphatic rings. The molecule has 0 saturated carbocycles. The topological polar surface area (TPSA) is 64.3 Å². The summed E-state index contributed by atoms with van der Waals surface area (Å²) in [5.74, 6) is -0.0113. The third kappa shape index (κ3) is 5.36. The van der Waals surface area contributed by atoms with E-state index >= 15 is 0 Å². The number of nitrogen functional groups attached to an aromatic ring is 1. The van der Waals surface area contributed by atoms with Crippen LogP contribution in [0.15, 0.2) is 24.3 Å². The largest absolute Gasteiger partial charge is 0.399 e. The van der Waals surface area contributed by atoms with Crippen LogP contribution in [0.1, 0.15) is 19.4 Å². The van der Waals surface area contributed by atoms with Gasteiger partial charge >= 0.3 is 0 Å². The highest BCUT2D eigenvalue weighted by Gasteiger charge is 2.08. The van der Waals surface area contributed by atoms with E-state index in [-0.39, 0.29) is 11.9 Å². The molecule has 4 heteroatoms. The quantitative estimate of drug-likeness (QED) is 0.733. The Labute approximate surface area is 102 Å². The molecule has 0 fully saturated rings. The molecule has 0 radical (unpaired) electrons. The van der Waals surface area contributed by atoms with Crippen LogP contribution in [0.4, 0.5) is 5.69 Å². The first-order chi connectivity index (χ1) is 8.11. The number of nitrogens with one attached hydrogen (secondary N) is 1. The molecule has 1 aromatic carbocycles. The fraction of sp³-hybridized carbons (Fsp3) is 0.462. The fourth-order valence-electron chi connectivity index (χ4n) is 1.55. The lowest BCUT2D eigenvalue weighted by Gasteiger charge is -2.13. The summed E-state index contributed by atoms with van der Waals surface area (Å²) in [6.07, 6.45) is 0.349. The monoisotopic (exact) mass is 236 g/mol. The first kappa shape index (κ1) is 13.5. The molecule has 0 heterocycles. The number of benzene rings is 1. The minimum Gasteiger partial charge on any atom is -0.399 e. The first-order valence-electron chi connectivity index (χ1n) is 5.83. The highest BCUT2D eigenvalue weighted by molar-refractivity contribution is 5.79. The van der Waals surface area contributed by atoms with Gasteiger partial charge in [0.25, 0.3) is 0 Å². The summed E-state index contributed by atoms with van der Waals surface area (Å²) in [5.41, 5.74) is 7.25. The van der Waals surface area contributed by atoms with Crippen molar-refractivity contribution in [3.05, 3.63) is 29.8 Å². The molecule has 1 rings (SSSR count). The van der Waals surface area contributed by atoms with Crippen molar-refractivity contribution in [2.24, 2.45) is 0 Å². The molecule has 1 unspecified atom stereocenters. The van der Waals surface area contributed by atoms with Gasteiger partial charge in [-0.3, -0.25) is 4.79 Å². The van der Waals surface area contributed by atoms with Crippen molar-refractivity contribution < 1.29 is 9.53 Å². The van der Waals surface area contributed by atoms with E-state index in [2.05, 4.69) is 5.32 Å². The average Bonchev–Trinajstić information content (AvgIpc) is 2.26. The fourth-order valence-corrected chi connectivity index (χ4v) is 1.55. The molecule has 17 heavy (non-hydrogen) atoms. The first-order valence-corrected chi connectivity index (χ1v) is 5.83. The number of amides is 1. The molecule has 0 aromatic heterocycles. The van der Waals surface area contributed by atoms with E-state index in [0.717, 1.165) is 5.56 Å². The Kier molecular flexibility index (Phi) is 5.49. The summed E-state index contributed by atoms with van der Waals surface area (Å²) >= 11 is 0. The van der Waals surface area contributed by atoms with Crippen LogP contribution in [-0.2, 0) is 16.0 Å². The molecule has 1 amide bonds. The van der Waals surface area contributed by atoms with Crippen molar-refractivity contribution in [2.45, 2.75) is 26.3 Å². The number of carbonyl (C=O) groups excluding carboxylic acids is 1. The van der Waals surface area contributed by atoms with Gasteiger partial charge in [-0.1, -0.05) is 12.1 Å². The van der Waals surface area contributed by atoms with Gasteiger partial charge in [-0.05, 0) is 31.5 Å². The van der Waals surface area contributed by atoms with Gasteiger partial charge in [0.1, 0.15) is 0 Å². The maximum Gasteiger partial charge on any atom is 0.224 e. The van der Waals surface area contributed by atoms with Gasteiger partial charge in [0.15, 0.2) is 0 Å². The number of anilines is 1. The molecule has 0 saturated heterocycles. The second kappa shape index (κ2) is 6.91. The molecular weight excluding hydrogens is 216 g/mol. The number of carbonyl (C=O) groups is 1. The third-order valence-corrected chi connectivity index (χ3v) is 2.30. The zero-order chi connectivity index (χ0) is 12.7. The van der Waals surface area contributed by atoms with Crippen molar-refractivity contribution in [1.29, 1.82) is 0 Å². The smallest absolute Gasteiger partial charge is 0.224 e. The number of nitrogens with two attached hydrogens (primary N) is 1. The Hall–Kier alpha value is -1.55. The number of hydrogen-bond acceptors (Lipinski definition) is 3. The van der Waals surface area contributed by atoms with Crippen LogP contribution in [0.5, 0.6) is 0 Å². The van der Waals surface area contributed by atoms with E-state index < -0.39 is 0 Å². The lowest BCUT2D eigenvalue weighted by Crippen LogP contribution is -2.36. The highest BCUT2D eigenvalue weighted by atomic mass is 16.5. The number of rotatable bonds is 6. The summed E-state index contributed by atoms with van der Waals surface area (Å²) in [6, 6.07) is 7.39. The standard InChI is InChI=1S/C13H20N2O2/c1-3-17-9-10(2)15-13(16)8-11-5-4-6-12(14)7-11/h4-7,10H,3,8-9,14H2,1-2H3,(H,15,16). The molecule has 0 aliphatic carbocycles. The summed E-state index contributed by atoms with van der Waals surface area (Å²) in [6.45, 7) is 5.06. The maximum absolute atomic E-state index is 11.7. The lowest BCUT2D eigenvalue weighted by atomic mass is 10.1. The van der Waals surface area contributed by atoms with E-state index in [1.165, 1.54) is 0 Å². The predicted octanol–water partition coefficient (Wildman–Crippen LogP) is 1.35. The van der Waals surface area contributed by atoms with Crippen molar-refractivity contribution >= 4 is 11.6 Å². The maximum atomic E-state index is 11.7. The van der Waals surface area contributed by atoms with E-state index in [1.54, 1.807) is 6.07 Å². The lowest BCUT2D eigenvalue weighted by molar-refractivity contribution is -0.121. The van der Waals surface area contributed by atoms with Crippen LogP contribution < -0.4 is 11.1 Å². The minimum atomic E-state index is -0.0113. The van der Waals surface area contributed by atoms with Crippen LogP contribution >= 0.6 is 0 Å². The van der Waals surface area contributed by atoms with Crippen LogP contribution in [0, 0.1) is 0 Å². The minimum absolute atomic E-state index is 0.0113. The SMILES string of the molecule is CCOCC(C)NC(=O)Cc1cccc(N)c1. The second-order valence-electron chi connectivity index (χ2n) is 4.05. The Morgan fingerprint density at radius 3 is 2.94 bits per heavy atom. The summed E-state index contributed by atoms with van der Waals surface area (Å²) < 4.78 is 5.23. The zero-order valence-corrected chi connectivity index (χ0v) is 10.4. The second-order valence-corrected chi connectivity index (χ2v) is 4.05. The van der Waals surface area contributed by atoms with Gasteiger partial charge < -0.3 is 15.8 Å². The van der Waals surface area contributed by atoms with Gasteiger partial charge in [0, 0.05) is 18.3 Å². The van der Waals surface area contributed by atoms with Gasteiger partial charge in [-0.15, -0.1) is 0 Å². The van der Waals surface area contributed by atoms with E-state index in [0.29, 0.717) is 25.3 Å². The van der Waals surface area contributed by atoms with Crippen LogP contribution in [0.2, 0.25) is 0 Å². The predicted molar refractivity (Wildman–Crippen MR) is 68.7 cm³/mol. The molecule has 1 atom stereocenters. The van der Waals surface area contributed by atoms with E-state index in [4.69, 9.17) is 10.5 Å². The molecule has 3 N–H and O–H groups in total. The molecule has 0 aliphatic heterocycles. The van der Waals surface area contributed by atoms with Gasteiger partial charge in [0.05, 0.1) is 13.0 Å².